The molecule has 0 aliphatic heterocycles. The van der Waals surface area contributed by atoms with Crippen molar-refractivity contribution in [1.29, 1.82) is 0 Å². The fourth-order valence-electron chi connectivity index (χ4n) is 1.63. The van der Waals surface area contributed by atoms with E-state index in [-0.39, 0.29) is 4.88 Å². The Morgan fingerprint density at radius 2 is 1.92 bits per heavy atom. The number of amides is 2. The van der Waals surface area contributed by atoms with Gasteiger partial charge in [0.15, 0.2) is 11.5 Å². The van der Waals surface area contributed by atoms with Crippen LogP contribution in [0.25, 0.3) is 0 Å². The maximum Gasteiger partial charge on any atom is 0.352 e. The first-order chi connectivity index (χ1) is 11.5. The number of aromatic nitrogens is 2. The molecule has 2 N–H and O–H groups in total. The van der Waals surface area contributed by atoms with Crippen molar-refractivity contribution in [3.05, 3.63) is 45.4 Å². The predicted octanol–water partition coefficient (Wildman–Crippen LogP) is 1.37. The number of carbonyl (C=O) groups excluding carboxylic acids is 3. The zero-order valence-corrected chi connectivity index (χ0v) is 14.1. The van der Waals surface area contributed by atoms with Crippen molar-refractivity contribution in [3.8, 4) is 0 Å². The Labute approximate surface area is 146 Å². The van der Waals surface area contributed by atoms with Gasteiger partial charge in [0.1, 0.15) is 0 Å². The lowest BCUT2D eigenvalue weighted by atomic mass is 10.2. The third-order valence-electron chi connectivity index (χ3n) is 2.83. The van der Waals surface area contributed by atoms with Crippen LogP contribution in [0.4, 0.5) is 0 Å². The minimum absolute atomic E-state index is 0.260. The summed E-state index contributed by atoms with van der Waals surface area (Å²) in [6.45, 7) is 1.29. The van der Waals surface area contributed by atoms with Gasteiger partial charge in [-0.25, -0.2) is 4.79 Å². The number of hydrazine groups is 1. The van der Waals surface area contributed by atoms with Crippen molar-refractivity contribution in [2.75, 3.05) is 6.61 Å². The SMILES string of the molecule is CCc1nnsc1C(=O)OCC(=O)NNC(=O)c1ccc(Cl)cc1. The van der Waals surface area contributed by atoms with Gasteiger partial charge >= 0.3 is 5.97 Å². The van der Waals surface area contributed by atoms with Gasteiger partial charge < -0.3 is 4.74 Å². The van der Waals surface area contributed by atoms with E-state index in [9.17, 15) is 14.4 Å². The van der Waals surface area contributed by atoms with Crippen LogP contribution in [0.15, 0.2) is 24.3 Å². The van der Waals surface area contributed by atoms with Gasteiger partial charge in [-0.1, -0.05) is 23.0 Å². The molecule has 0 bridgehead atoms. The van der Waals surface area contributed by atoms with Crippen LogP contribution in [0.3, 0.4) is 0 Å². The molecule has 2 aromatic rings. The van der Waals surface area contributed by atoms with Crippen LogP contribution in [0.2, 0.25) is 5.02 Å². The van der Waals surface area contributed by atoms with Gasteiger partial charge in [-0.3, -0.25) is 20.4 Å². The molecule has 24 heavy (non-hydrogen) atoms. The lowest BCUT2D eigenvalue weighted by molar-refractivity contribution is -0.125. The summed E-state index contributed by atoms with van der Waals surface area (Å²) >= 11 is 6.62. The second-order valence-electron chi connectivity index (χ2n) is 4.49. The predicted molar refractivity (Wildman–Crippen MR) is 86.6 cm³/mol. The summed E-state index contributed by atoms with van der Waals surface area (Å²) in [4.78, 5) is 35.5. The second kappa shape index (κ2) is 8.37. The van der Waals surface area contributed by atoms with Gasteiger partial charge in [-0.05, 0) is 42.2 Å². The van der Waals surface area contributed by atoms with E-state index in [0.717, 1.165) is 11.5 Å². The fourth-order valence-corrected chi connectivity index (χ4v) is 2.40. The highest BCUT2D eigenvalue weighted by Gasteiger charge is 2.18. The Morgan fingerprint density at radius 3 is 2.58 bits per heavy atom. The lowest BCUT2D eigenvalue weighted by Gasteiger charge is -2.08. The molecule has 0 atom stereocenters. The van der Waals surface area contributed by atoms with Crippen molar-refractivity contribution in [1.82, 2.24) is 20.4 Å². The van der Waals surface area contributed by atoms with Crippen molar-refractivity contribution in [2.24, 2.45) is 0 Å². The number of nitrogens with zero attached hydrogens (tertiary/aromatic N) is 2. The van der Waals surface area contributed by atoms with Gasteiger partial charge in [0.2, 0.25) is 0 Å². The summed E-state index contributed by atoms with van der Waals surface area (Å²) in [5, 5.41) is 4.27. The van der Waals surface area contributed by atoms with Crippen molar-refractivity contribution >= 4 is 40.9 Å². The standard InChI is InChI=1S/C14H13ClN4O4S/c1-2-10-12(24-19-16-10)14(22)23-7-11(20)17-18-13(21)8-3-5-9(15)6-4-8/h3-6H,2,7H2,1H3,(H,17,20)(H,18,21). The number of nitrogens with one attached hydrogen (secondary N) is 2. The number of ether oxygens (including phenoxy) is 1. The van der Waals surface area contributed by atoms with Crippen LogP contribution in [0.5, 0.6) is 0 Å². The quantitative estimate of drug-likeness (QED) is 0.609. The zero-order valence-electron chi connectivity index (χ0n) is 12.5. The molecular weight excluding hydrogens is 356 g/mol. The molecule has 1 aromatic carbocycles. The molecule has 0 spiro atoms. The monoisotopic (exact) mass is 368 g/mol. The van der Waals surface area contributed by atoms with E-state index >= 15 is 0 Å². The third-order valence-corrected chi connectivity index (χ3v) is 3.83. The average Bonchev–Trinajstić information content (AvgIpc) is 3.07. The van der Waals surface area contributed by atoms with Gasteiger partial charge in [-0.2, -0.15) is 0 Å². The summed E-state index contributed by atoms with van der Waals surface area (Å²) < 4.78 is 8.52. The van der Waals surface area contributed by atoms with E-state index in [2.05, 4.69) is 20.4 Å². The highest BCUT2D eigenvalue weighted by Crippen LogP contribution is 2.12. The fraction of sp³-hybridized carbons (Fsp3) is 0.214. The molecular formula is C14H13ClN4O4S. The maximum absolute atomic E-state index is 11.8. The number of carbonyl (C=O) groups is 3. The first-order valence-corrected chi connectivity index (χ1v) is 7.99. The molecule has 0 aliphatic rings. The van der Waals surface area contributed by atoms with Crippen molar-refractivity contribution < 1.29 is 19.1 Å². The van der Waals surface area contributed by atoms with Crippen LogP contribution in [-0.4, -0.2) is 34.0 Å². The van der Waals surface area contributed by atoms with E-state index in [0.29, 0.717) is 22.7 Å². The largest absolute Gasteiger partial charge is 0.451 e. The zero-order chi connectivity index (χ0) is 17.5. The summed E-state index contributed by atoms with van der Waals surface area (Å²) in [6.07, 6.45) is 0.532. The van der Waals surface area contributed by atoms with Crippen LogP contribution >= 0.6 is 23.1 Å². The number of benzene rings is 1. The number of hydrogen-bond acceptors (Lipinski definition) is 7. The van der Waals surface area contributed by atoms with E-state index in [1.54, 1.807) is 12.1 Å². The Bertz CT molecular complexity index is 747. The summed E-state index contributed by atoms with van der Waals surface area (Å²) in [5.41, 5.74) is 5.19. The Kier molecular flexibility index (Phi) is 6.21. The number of halogens is 1. The summed E-state index contributed by atoms with van der Waals surface area (Å²) in [5.74, 6) is -1.88. The highest BCUT2D eigenvalue weighted by atomic mass is 35.5. The van der Waals surface area contributed by atoms with Gasteiger partial charge in [-0.15, -0.1) is 5.10 Å². The van der Waals surface area contributed by atoms with Crippen LogP contribution < -0.4 is 10.9 Å². The van der Waals surface area contributed by atoms with E-state index < -0.39 is 24.4 Å². The topological polar surface area (TPSA) is 110 Å². The van der Waals surface area contributed by atoms with E-state index in [1.165, 1.54) is 12.1 Å². The molecule has 0 unspecified atom stereocenters. The van der Waals surface area contributed by atoms with E-state index in [4.69, 9.17) is 16.3 Å². The molecule has 0 saturated carbocycles. The molecule has 1 aromatic heterocycles. The number of aryl methyl sites for hydroxylation is 1. The molecule has 2 rings (SSSR count). The molecule has 0 fully saturated rings. The summed E-state index contributed by atoms with van der Waals surface area (Å²) in [6, 6.07) is 6.11. The van der Waals surface area contributed by atoms with Gasteiger partial charge in [0, 0.05) is 10.6 Å². The van der Waals surface area contributed by atoms with Crippen molar-refractivity contribution in [3.63, 3.8) is 0 Å². The number of hydrogen-bond donors (Lipinski definition) is 2. The Morgan fingerprint density at radius 1 is 1.21 bits per heavy atom. The van der Waals surface area contributed by atoms with Crippen LogP contribution in [0.1, 0.15) is 32.6 Å². The first kappa shape index (κ1) is 17.8. The molecule has 10 heteroatoms. The smallest absolute Gasteiger partial charge is 0.352 e. The highest BCUT2D eigenvalue weighted by molar-refractivity contribution is 7.07. The third kappa shape index (κ3) is 4.74. The molecule has 0 aliphatic carbocycles. The van der Waals surface area contributed by atoms with Gasteiger partial charge in [0.25, 0.3) is 11.8 Å². The normalized spacial score (nSPS) is 10.1. The maximum atomic E-state index is 11.8. The minimum Gasteiger partial charge on any atom is -0.451 e. The van der Waals surface area contributed by atoms with Crippen LogP contribution in [-0.2, 0) is 16.0 Å². The average molecular weight is 369 g/mol. The molecule has 1 heterocycles. The number of rotatable bonds is 5. The molecule has 126 valence electrons. The summed E-state index contributed by atoms with van der Waals surface area (Å²) in [7, 11) is 0. The lowest BCUT2D eigenvalue weighted by Crippen LogP contribution is -2.43. The molecule has 0 saturated heterocycles. The molecule has 2 amide bonds. The van der Waals surface area contributed by atoms with Gasteiger partial charge in [0.05, 0.1) is 5.69 Å². The molecule has 8 nitrogen and oxygen atoms in total. The van der Waals surface area contributed by atoms with Crippen LogP contribution in [0, 0.1) is 0 Å². The Hall–Kier alpha value is -2.52. The number of esters is 1. The minimum atomic E-state index is -0.680. The Balaban J connectivity index is 1.78. The van der Waals surface area contributed by atoms with Crippen molar-refractivity contribution in [2.45, 2.75) is 13.3 Å². The van der Waals surface area contributed by atoms with E-state index in [1.807, 2.05) is 6.92 Å². The molecule has 0 radical (unpaired) electrons. The second-order valence-corrected chi connectivity index (χ2v) is 5.68. The first-order valence-electron chi connectivity index (χ1n) is 6.84.